The van der Waals surface area contributed by atoms with E-state index in [2.05, 4.69) is 10.2 Å². The van der Waals surface area contributed by atoms with Crippen LogP contribution in [0.25, 0.3) is 0 Å². The van der Waals surface area contributed by atoms with Crippen LogP contribution in [0.4, 0.5) is 0 Å². The van der Waals surface area contributed by atoms with Crippen molar-refractivity contribution in [3.8, 4) is 0 Å². The third kappa shape index (κ3) is 5.46. The van der Waals surface area contributed by atoms with E-state index in [0.717, 1.165) is 13.1 Å². The Labute approximate surface area is 121 Å². The van der Waals surface area contributed by atoms with Crippen molar-refractivity contribution in [1.82, 2.24) is 15.1 Å². The lowest BCUT2D eigenvalue weighted by atomic mass is 10.0. The van der Waals surface area contributed by atoms with E-state index in [1.165, 1.54) is 0 Å². The summed E-state index contributed by atoms with van der Waals surface area (Å²) in [6.07, 6.45) is 0.411. The summed E-state index contributed by atoms with van der Waals surface area (Å²) in [4.78, 5) is 27.5. The zero-order valence-electron chi connectivity index (χ0n) is 12.9. The molecule has 2 amide bonds. The smallest absolute Gasteiger partial charge is 0.234 e. The monoisotopic (exact) mass is 284 g/mol. The molecule has 1 atom stereocenters. The first-order chi connectivity index (χ1) is 9.43. The predicted octanol–water partition coefficient (Wildman–Crippen LogP) is -0.360. The number of rotatable bonds is 6. The third-order valence-electron chi connectivity index (χ3n) is 3.73. The Hall–Kier alpha value is -1.14. The number of carbonyl (C=O) groups excluding carboxylic acids is 2. The minimum absolute atomic E-state index is 0.0501. The molecule has 0 aromatic rings. The highest BCUT2D eigenvalue weighted by atomic mass is 16.2. The van der Waals surface area contributed by atoms with Crippen LogP contribution in [0.3, 0.4) is 0 Å². The summed E-state index contributed by atoms with van der Waals surface area (Å²) in [5, 5.41) is 2.79. The van der Waals surface area contributed by atoms with Crippen molar-refractivity contribution in [3.63, 3.8) is 0 Å². The number of likely N-dealkylation sites (N-methyl/N-ethyl adjacent to an activating group) is 1. The summed E-state index contributed by atoms with van der Waals surface area (Å²) < 4.78 is 0. The quantitative estimate of drug-likeness (QED) is 0.698. The van der Waals surface area contributed by atoms with Gasteiger partial charge in [-0.25, -0.2) is 0 Å². The average molecular weight is 284 g/mol. The molecule has 0 radical (unpaired) electrons. The van der Waals surface area contributed by atoms with Gasteiger partial charge in [0.2, 0.25) is 11.8 Å². The highest BCUT2D eigenvalue weighted by molar-refractivity contribution is 5.78. The van der Waals surface area contributed by atoms with Gasteiger partial charge in [-0.1, -0.05) is 13.8 Å². The maximum absolute atomic E-state index is 12.1. The molecule has 3 N–H and O–H groups in total. The van der Waals surface area contributed by atoms with Crippen LogP contribution in [0.1, 0.15) is 27.2 Å². The number of carbonyl (C=O) groups is 2. The fourth-order valence-corrected chi connectivity index (χ4v) is 2.18. The SMILES string of the molecule is CCNC(=O)CN1CCN(C(=O)CC(N)C(C)C)CC1. The molecule has 1 heterocycles. The number of nitrogens with two attached hydrogens (primary N) is 1. The van der Waals surface area contributed by atoms with Crippen LogP contribution in [0, 0.1) is 5.92 Å². The van der Waals surface area contributed by atoms with Crippen molar-refractivity contribution in [2.45, 2.75) is 33.2 Å². The molecule has 0 spiro atoms. The summed E-state index contributed by atoms with van der Waals surface area (Å²) in [5.74, 6) is 0.496. The van der Waals surface area contributed by atoms with Crippen LogP contribution >= 0.6 is 0 Å². The molecule has 1 saturated heterocycles. The lowest BCUT2D eigenvalue weighted by molar-refractivity contribution is -0.133. The topological polar surface area (TPSA) is 78.7 Å². The maximum Gasteiger partial charge on any atom is 0.234 e. The number of amides is 2. The maximum atomic E-state index is 12.1. The molecule has 1 aliphatic heterocycles. The number of hydrogen-bond donors (Lipinski definition) is 2. The zero-order valence-corrected chi connectivity index (χ0v) is 12.9. The van der Waals surface area contributed by atoms with E-state index in [4.69, 9.17) is 5.73 Å². The second-order valence-corrected chi connectivity index (χ2v) is 5.72. The second-order valence-electron chi connectivity index (χ2n) is 5.72. The lowest BCUT2D eigenvalue weighted by Crippen LogP contribution is -2.52. The van der Waals surface area contributed by atoms with Gasteiger partial charge in [0.25, 0.3) is 0 Å². The van der Waals surface area contributed by atoms with Gasteiger partial charge >= 0.3 is 0 Å². The first-order valence-electron chi connectivity index (χ1n) is 7.46. The van der Waals surface area contributed by atoms with Crippen LogP contribution in [0.15, 0.2) is 0 Å². The number of piperazine rings is 1. The minimum Gasteiger partial charge on any atom is -0.355 e. The van der Waals surface area contributed by atoms with Gasteiger partial charge in [0, 0.05) is 45.2 Å². The van der Waals surface area contributed by atoms with E-state index in [-0.39, 0.29) is 17.9 Å². The molecule has 20 heavy (non-hydrogen) atoms. The Morgan fingerprint density at radius 3 is 2.30 bits per heavy atom. The molecule has 0 aromatic heterocycles. The molecule has 1 unspecified atom stereocenters. The van der Waals surface area contributed by atoms with E-state index in [0.29, 0.717) is 38.5 Å². The molecule has 1 aliphatic rings. The Morgan fingerprint density at radius 2 is 1.80 bits per heavy atom. The molecule has 0 aromatic carbocycles. The molecule has 1 rings (SSSR count). The van der Waals surface area contributed by atoms with Crippen molar-refractivity contribution in [3.05, 3.63) is 0 Å². The summed E-state index contributed by atoms with van der Waals surface area (Å²) >= 11 is 0. The van der Waals surface area contributed by atoms with Crippen molar-refractivity contribution in [2.24, 2.45) is 11.7 Å². The molecular formula is C14H28N4O2. The van der Waals surface area contributed by atoms with Crippen molar-refractivity contribution in [1.29, 1.82) is 0 Å². The van der Waals surface area contributed by atoms with Crippen molar-refractivity contribution < 1.29 is 9.59 Å². The van der Waals surface area contributed by atoms with Gasteiger partial charge in [-0.15, -0.1) is 0 Å². The van der Waals surface area contributed by atoms with Crippen molar-refractivity contribution >= 4 is 11.8 Å². The second kappa shape index (κ2) is 8.21. The minimum atomic E-state index is -0.0733. The third-order valence-corrected chi connectivity index (χ3v) is 3.73. The van der Waals surface area contributed by atoms with E-state index in [1.54, 1.807) is 0 Å². The highest BCUT2D eigenvalue weighted by Crippen LogP contribution is 2.08. The van der Waals surface area contributed by atoms with Crippen LogP contribution < -0.4 is 11.1 Å². The van der Waals surface area contributed by atoms with Gasteiger partial charge in [-0.3, -0.25) is 14.5 Å². The Morgan fingerprint density at radius 1 is 1.20 bits per heavy atom. The Balaban J connectivity index is 2.31. The van der Waals surface area contributed by atoms with Crippen molar-refractivity contribution in [2.75, 3.05) is 39.3 Å². The van der Waals surface area contributed by atoms with Crippen LogP contribution in [-0.4, -0.2) is 66.9 Å². The molecule has 1 fully saturated rings. The Bertz CT molecular complexity index is 325. The fourth-order valence-electron chi connectivity index (χ4n) is 2.18. The molecule has 6 heteroatoms. The fraction of sp³-hybridized carbons (Fsp3) is 0.857. The molecule has 116 valence electrons. The summed E-state index contributed by atoms with van der Waals surface area (Å²) in [6, 6.07) is -0.0733. The van der Waals surface area contributed by atoms with Crippen LogP contribution in [0.2, 0.25) is 0 Å². The van der Waals surface area contributed by atoms with Gasteiger partial charge in [0.1, 0.15) is 0 Å². The van der Waals surface area contributed by atoms with Gasteiger partial charge in [0.15, 0.2) is 0 Å². The first kappa shape index (κ1) is 16.9. The van der Waals surface area contributed by atoms with Gasteiger partial charge < -0.3 is 16.0 Å². The lowest BCUT2D eigenvalue weighted by Gasteiger charge is -2.35. The summed E-state index contributed by atoms with van der Waals surface area (Å²) in [6.45, 7) is 9.91. The van der Waals surface area contributed by atoms with Crippen LogP contribution in [-0.2, 0) is 9.59 Å². The standard InChI is InChI=1S/C14H28N4O2/c1-4-16-13(19)10-17-5-7-18(8-6-17)14(20)9-12(15)11(2)3/h11-12H,4-10,15H2,1-3H3,(H,16,19). The van der Waals surface area contributed by atoms with E-state index < -0.39 is 0 Å². The van der Waals surface area contributed by atoms with Crippen LogP contribution in [0.5, 0.6) is 0 Å². The molecular weight excluding hydrogens is 256 g/mol. The largest absolute Gasteiger partial charge is 0.355 e. The number of hydrogen-bond acceptors (Lipinski definition) is 4. The molecule has 0 aliphatic carbocycles. The van der Waals surface area contributed by atoms with E-state index >= 15 is 0 Å². The molecule has 6 nitrogen and oxygen atoms in total. The predicted molar refractivity (Wildman–Crippen MR) is 79.1 cm³/mol. The van der Waals surface area contributed by atoms with E-state index in [9.17, 15) is 9.59 Å². The van der Waals surface area contributed by atoms with Gasteiger partial charge in [-0.05, 0) is 12.8 Å². The normalized spacial score (nSPS) is 18.1. The average Bonchev–Trinajstić information content (AvgIpc) is 2.39. The summed E-state index contributed by atoms with van der Waals surface area (Å²) in [7, 11) is 0. The highest BCUT2D eigenvalue weighted by Gasteiger charge is 2.24. The van der Waals surface area contributed by atoms with E-state index in [1.807, 2.05) is 25.7 Å². The molecule has 0 saturated carbocycles. The molecule has 0 bridgehead atoms. The van der Waals surface area contributed by atoms with Gasteiger partial charge in [-0.2, -0.15) is 0 Å². The summed E-state index contributed by atoms with van der Waals surface area (Å²) in [5.41, 5.74) is 5.94. The first-order valence-corrected chi connectivity index (χ1v) is 7.46. The van der Waals surface area contributed by atoms with Gasteiger partial charge in [0.05, 0.1) is 6.54 Å². The Kier molecular flexibility index (Phi) is 6.95. The number of nitrogens with zero attached hydrogens (tertiary/aromatic N) is 2. The zero-order chi connectivity index (χ0) is 15.1. The number of nitrogens with one attached hydrogen (secondary N) is 1.